The van der Waals surface area contributed by atoms with Gasteiger partial charge < -0.3 is 5.32 Å². The Bertz CT molecular complexity index is 430. The molecule has 0 spiro atoms. The van der Waals surface area contributed by atoms with E-state index in [0.717, 1.165) is 31.7 Å². The van der Waals surface area contributed by atoms with Gasteiger partial charge in [-0.25, -0.2) is 0 Å². The summed E-state index contributed by atoms with van der Waals surface area (Å²) < 4.78 is 29.3. The maximum Gasteiger partial charge on any atom is 0.282 e. The van der Waals surface area contributed by atoms with E-state index < -0.39 is 10.2 Å². The highest BCUT2D eigenvalue weighted by molar-refractivity contribution is 8.00. The zero-order valence-corrected chi connectivity index (χ0v) is 15.0. The summed E-state index contributed by atoms with van der Waals surface area (Å²) in [7, 11) is -3.30. The molecule has 3 unspecified atom stereocenters. The van der Waals surface area contributed by atoms with Crippen LogP contribution in [0, 0.1) is 5.92 Å². The van der Waals surface area contributed by atoms with Crippen LogP contribution in [0.1, 0.15) is 33.6 Å². The van der Waals surface area contributed by atoms with Crippen molar-refractivity contribution in [3.05, 3.63) is 0 Å². The average Bonchev–Trinajstić information content (AvgIpc) is 2.48. The third-order valence-electron chi connectivity index (χ3n) is 4.61. The Morgan fingerprint density at radius 2 is 2.05 bits per heavy atom. The van der Waals surface area contributed by atoms with Gasteiger partial charge in [-0.05, 0) is 38.8 Å². The minimum Gasteiger partial charge on any atom is -0.317 e. The fourth-order valence-electron chi connectivity index (χ4n) is 3.13. The Morgan fingerprint density at radius 3 is 2.76 bits per heavy atom. The molecule has 0 aromatic heterocycles. The summed E-state index contributed by atoms with van der Waals surface area (Å²) in [4.78, 5) is 0. The number of hydrogen-bond acceptors (Lipinski definition) is 4. The van der Waals surface area contributed by atoms with Gasteiger partial charge in [0.2, 0.25) is 0 Å². The summed E-state index contributed by atoms with van der Waals surface area (Å²) in [5, 5.41) is 3.72. The molecule has 2 saturated heterocycles. The van der Waals surface area contributed by atoms with E-state index >= 15 is 0 Å². The second-order valence-corrected chi connectivity index (χ2v) is 9.48. The molecule has 2 rings (SSSR count). The highest BCUT2D eigenvalue weighted by atomic mass is 32.2. The summed E-state index contributed by atoms with van der Waals surface area (Å²) in [6, 6.07) is 0.0860. The van der Waals surface area contributed by atoms with Crippen LogP contribution in [-0.2, 0) is 10.2 Å². The highest BCUT2D eigenvalue weighted by Gasteiger charge is 2.39. The van der Waals surface area contributed by atoms with Crippen LogP contribution in [0.15, 0.2) is 0 Å². The van der Waals surface area contributed by atoms with Crippen LogP contribution in [0.4, 0.5) is 0 Å². The van der Waals surface area contributed by atoms with Crippen molar-refractivity contribution in [2.75, 3.05) is 38.5 Å². The molecule has 0 bridgehead atoms. The van der Waals surface area contributed by atoms with Crippen molar-refractivity contribution in [3.63, 3.8) is 0 Å². The van der Waals surface area contributed by atoms with Crippen molar-refractivity contribution in [1.29, 1.82) is 0 Å². The molecule has 0 radical (unpaired) electrons. The number of hydrogen-bond donors (Lipinski definition) is 1. The van der Waals surface area contributed by atoms with Crippen LogP contribution in [0.5, 0.6) is 0 Å². The van der Waals surface area contributed by atoms with Gasteiger partial charge in [0.05, 0.1) is 0 Å². The second-order valence-electron chi connectivity index (χ2n) is 6.11. The molecule has 5 nitrogen and oxygen atoms in total. The van der Waals surface area contributed by atoms with Gasteiger partial charge in [-0.2, -0.15) is 28.8 Å². The first-order valence-corrected chi connectivity index (χ1v) is 10.5. The van der Waals surface area contributed by atoms with Gasteiger partial charge in [-0.1, -0.05) is 13.8 Å². The maximum atomic E-state index is 12.9. The lowest BCUT2D eigenvalue weighted by Crippen LogP contribution is -2.55. The van der Waals surface area contributed by atoms with Crippen LogP contribution in [0.2, 0.25) is 0 Å². The molecule has 1 N–H and O–H groups in total. The lowest BCUT2D eigenvalue weighted by atomic mass is 10.00. The van der Waals surface area contributed by atoms with Crippen molar-refractivity contribution in [1.82, 2.24) is 13.9 Å². The highest BCUT2D eigenvalue weighted by Crippen LogP contribution is 2.29. The van der Waals surface area contributed by atoms with Gasteiger partial charge in [0.15, 0.2) is 0 Å². The largest absolute Gasteiger partial charge is 0.317 e. The fraction of sp³-hybridized carbons (Fsp3) is 1.00. The quantitative estimate of drug-likeness (QED) is 0.825. The van der Waals surface area contributed by atoms with Crippen LogP contribution < -0.4 is 5.32 Å². The van der Waals surface area contributed by atoms with Crippen LogP contribution in [0.3, 0.4) is 0 Å². The topological polar surface area (TPSA) is 52.7 Å². The van der Waals surface area contributed by atoms with E-state index in [2.05, 4.69) is 19.2 Å². The predicted octanol–water partition coefficient (Wildman–Crippen LogP) is 1.38. The number of nitrogens with one attached hydrogen (secondary N) is 1. The Labute approximate surface area is 134 Å². The molecule has 0 aliphatic carbocycles. The van der Waals surface area contributed by atoms with Crippen LogP contribution >= 0.6 is 11.8 Å². The zero-order valence-electron chi connectivity index (χ0n) is 13.4. The minimum absolute atomic E-state index is 0.0860. The van der Waals surface area contributed by atoms with Gasteiger partial charge in [-0.15, -0.1) is 0 Å². The van der Waals surface area contributed by atoms with Gasteiger partial charge in [0.25, 0.3) is 10.2 Å². The molecular formula is C14H29N3O2S2. The number of piperidine rings is 1. The first kappa shape index (κ1) is 17.5. The van der Waals surface area contributed by atoms with E-state index in [-0.39, 0.29) is 6.04 Å². The zero-order chi connectivity index (χ0) is 15.5. The van der Waals surface area contributed by atoms with Crippen molar-refractivity contribution >= 4 is 22.0 Å². The molecule has 0 aromatic rings. The Morgan fingerprint density at radius 1 is 1.29 bits per heavy atom. The molecular weight excluding hydrogens is 306 g/mol. The first-order valence-electron chi connectivity index (χ1n) is 8.06. The lowest BCUT2D eigenvalue weighted by Gasteiger charge is -2.41. The molecule has 2 heterocycles. The average molecular weight is 336 g/mol. The molecule has 2 fully saturated rings. The van der Waals surface area contributed by atoms with E-state index in [1.54, 1.807) is 8.61 Å². The predicted molar refractivity (Wildman–Crippen MR) is 89.8 cm³/mol. The SMILES string of the molecule is CCNCC1CCCN(S(=O)(=O)N2CCSC(C)C2C)C1. The van der Waals surface area contributed by atoms with Gasteiger partial charge in [-0.3, -0.25) is 0 Å². The molecule has 2 aliphatic heterocycles. The molecule has 3 atom stereocenters. The maximum absolute atomic E-state index is 12.9. The van der Waals surface area contributed by atoms with Crippen molar-refractivity contribution in [3.8, 4) is 0 Å². The molecule has 124 valence electrons. The van der Waals surface area contributed by atoms with Crippen LogP contribution in [-0.4, -0.2) is 66.8 Å². The number of thioether (sulfide) groups is 1. The van der Waals surface area contributed by atoms with E-state index in [4.69, 9.17) is 0 Å². The molecule has 21 heavy (non-hydrogen) atoms. The molecule has 0 amide bonds. The number of nitrogens with zero attached hydrogens (tertiary/aromatic N) is 2. The fourth-order valence-corrected chi connectivity index (χ4v) is 6.40. The standard InChI is InChI=1S/C14H29N3O2S2/c1-4-15-10-14-6-5-7-16(11-14)21(18,19)17-8-9-20-13(3)12(17)2/h12-15H,4-11H2,1-3H3. The normalized spacial score (nSPS) is 33.2. The molecule has 7 heteroatoms. The smallest absolute Gasteiger partial charge is 0.282 e. The van der Waals surface area contributed by atoms with Gasteiger partial charge in [0, 0.05) is 36.7 Å². The second kappa shape index (κ2) is 7.64. The number of rotatable bonds is 5. The minimum atomic E-state index is -3.30. The van der Waals surface area contributed by atoms with Crippen LogP contribution in [0.25, 0.3) is 0 Å². The summed E-state index contributed by atoms with van der Waals surface area (Å²) >= 11 is 1.87. The third-order valence-corrected chi connectivity index (χ3v) is 8.04. The van der Waals surface area contributed by atoms with Crippen molar-refractivity contribution in [2.45, 2.75) is 44.9 Å². The summed E-state index contributed by atoms with van der Waals surface area (Å²) in [5.74, 6) is 1.35. The summed E-state index contributed by atoms with van der Waals surface area (Å²) in [6.45, 7) is 10.1. The first-order chi connectivity index (χ1) is 9.96. The van der Waals surface area contributed by atoms with Crippen molar-refractivity contribution in [2.24, 2.45) is 5.92 Å². The molecule has 0 aromatic carbocycles. The monoisotopic (exact) mass is 335 g/mol. The van der Waals surface area contributed by atoms with E-state index in [9.17, 15) is 8.42 Å². The Balaban J connectivity index is 2.04. The van der Waals surface area contributed by atoms with E-state index in [1.807, 2.05) is 18.7 Å². The Hall–Kier alpha value is 0.180. The summed E-state index contributed by atoms with van der Waals surface area (Å²) in [5.41, 5.74) is 0. The van der Waals surface area contributed by atoms with Gasteiger partial charge >= 0.3 is 0 Å². The van der Waals surface area contributed by atoms with E-state index in [1.165, 1.54) is 0 Å². The van der Waals surface area contributed by atoms with E-state index in [0.29, 0.717) is 30.8 Å². The van der Waals surface area contributed by atoms with Gasteiger partial charge in [0.1, 0.15) is 0 Å². The van der Waals surface area contributed by atoms with Crippen molar-refractivity contribution < 1.29 is 8.42 Å². The Kier molecular flexibility index (Phi) is 6.38. The lowest BCUT2D eigenvalue weighted by molar-refractivity contribution is 0.232. The molecule has 2 aliphatic rings. The molecule has 0 saturated carbocycles. The third kappa shape index (κ3) is 4.13. The summed E-state index contributed by atoms with van der Waals surface area (Å²) in [6.07, 6.45) is 2.10.